The zero-order valence-electron chi connectivity index (χ0n) is 8.06. The summed E-state index contributed by atoms with van der Waals surface area (Å²) in [7, 11) is 0. The minimum atomic E-state index is -0.571. The SMILES string of the molecule is CCNC(CN)c1ccc(F)cc1F. The van der Waals surface area contributed by atoms with Gasteiger partial charge >= 0.3 is 0 Å². The predicted molar refractivity (Wildman–Crippen MR) is 51.8 cm³/mol. The molecule has 0 aliphatic heterocycles. The van der Waals surface area contributed by atoms with Crippen LogP contribution < -0.4 is 11.1 Å². The summed E-state index contributed by atoms with van der Waals surface area (Å²) in [5.41, 5.74) is 5.89. The summed E-state index contributed by atoms with van der Waals surface area (Å²) >= 11 is 0. The molecular formula is C10H14F2N2. The Hall–Kier alpha value is -1.00. The van der Waals surface area contributed by atoms with Crippen LogP contribution in [0.5, 0.6) is 0 Å². The van der Waals surface area contributed by atoms with Crippen LogP contribution in [0.1, 0.15) is 18.5 Å². The molecule has 1 aromatic carbocycles. The van der Waals surface area contributed by atoms with Gasteiger partial charge in [-0.05, 0) is 12.6 Å². The van der Waals surface area contributed by atoms with Gasteiger partial charge in [0.05, 0.1) is 0 Å². The Morgan fingerprint density at radius 2 is 2.14 bits per heavy atom. The highest BCUT2D eigenvalue weighted by Crippen LogP contribution is 2.16. The first-order valence-electron chi connectivity index (χ1n) is 4.57. The van der Waals surface area contributed by atoms with Crippen molar-refractivity contribution < 1.29 is 8.78 Å². The molecule has 2 nitrogen and oxygen atoms in total. The molecule has 1 unspecified atom stereocenters. The fraction of sp³-hybridized carbons (Fsp3) is 0.400. The second kappa shape index (κ2) is 5.02. The second-order valence-corrected chi connectivity index (χ2v) is 3.01. The maximum Gasteiger partial charge on any atom is 0.130 e. The smallest absolute Gasteiger partial charge is 0.130 e. The average Bonchev–Trinajstić information content (AvgIpc) is 2.15. The number of benzene rings is 1. The third-order valence-corrected chi connectivity index (χ3v) is 2.02. The molecule has 1 atom stereocenters. The first-order valence-corrected chi connectivity index (χ1v) is 4.57. The highest BCUT2D eigenvalue weighted by Gasteiger charge is 2.13. The van der Waals surface area contributed by atoms with Crippen LogP contribution in [0.25, 0.3) is 0 Å². The van der Waals surface area contributed by atoms with Crippen molar-refractivity contribution in [3.05, 3.63) is 35.4 Å². The molecule has 0 aromatic heterocycles. The molecule has 0 spiro atoms. The Kier molecular flexibility index (Phi) is 3.98. The summed E-state index contributed by atoms with van der Waals surface area (Å²) in [4.78, 5) is 0. The molecule has 14 heavy (non-hydrogen) atoms. The number of halogens is 2. The maximum atomic E-state index is 13.3. The van der Waals surface area contributed by atoms with Gasteiger partial charge in [0, 0.05) is 24.2 Å². The van der Waals surface area contributed by atoms with Crippen LogP contribution in [-0.4, -0.2) is 13.1 Å². The Bertz CT molecular complexity index is 302. The molecule has 1 rings (SSSR count). The van der Waals surface area contributed by atoms with Gasteiger partial charge in [-0.2, -0.15) is 0 Å². The number of rotatable bonds is 4. The zero-order valence-corrected chi connectivity index (χ0v) is 8.06. The molecule has 3 N–H and O–H groups in total. The zero-order chi connectivity index (χ0) is 10.6. The summed E-state index contributed by atoms with van der Waals surface area (Å²) in [5, 5.41) is 3.02. The highest BCUT2D eigenvalue weighted by molar-refractivity contribution is 5.22. The lowest BCUT2D eigenvalue weighted by Gasteiger charge is -2.16. The third kappa shape index (κ3) is 2.49. The largest absolute Gasteiger partial charge is 0.329 e. The van der Waals surface area contributed by atoms with Crippen molar-refractivity contribution in [1.82, 2.24) is 5.32 Å². The van der Waals surface area contributed by atoms with Crippen LogP contribution in [-0.2, 0) is 0 Å². The summed E-state index contributed by atoms with van der Waals surface area (Å²) in [6.45, 7) is 2.89. The molecule has 0 aliphatic carbocycles. The first kappa shape index (κ1) is 11.1. The monoisotopic (exact) mass is 200 g/mol. The van der Waals surface area contributed by atoms with Crippen molar-refractivity contribution in [3.63, 3.8) is 0 Å². The molecule has 78 valence electrons. The lowest BCUT2D eigenvalue weighted by Crippen LogP contribution is -2.28. The van der Waals surface area contributed by atoms with E-state index >= 15 is 0 Å². The van der Waals surface area contributed by atoms with Gasteiger partial charge in [0.1, 0.15) is 11.6 Å². The maximum absolute atomic E-state index is 13.3. The molecule has 0 saturated carbocycles. The molecule has 0 bridgehead atoms. The summed E-state index contributed by atoms with van der Waals surface area (Å²) in [5.74, 6) is -1.13. The fourth-order valence-electron chi connectivity index (χ4n) is 1.35. The van der Waals surface area contributed by atoms with Gasteiger partial charge < -0.3 is 11.1 Å². The van der Waals surface area contributed by atoms with E-state index in [2.05, 4.69) is 5.32 Å². The Labute approximate surface area is 82.1 Å². The van der Waals surface area contributed by atoms with Gasteiger partial charge in [0.2, 0.25) is 0 Å². The van der Waals surface area contributed by atoms with Crippen molar-refractivity contribution in [3.8, 4) is 0 Å². The molecule has 0 aliphatic rings. The van der Waals surface area contributed by atoms with Gasteiger partial charge in [-0.1, -0.05) is 13.0 Å². The molecule has 0 heterocycles. The number of hydrogen-bond acceptors (Lipinski definition) is 2. The van der Waals surface area contributed by atoms with E-state index in [4.69, 9.17) is 5.73 Å². The van der Waals surface area contributed by atoms with Crippen LogP contribution in [0, 0.1) is 11.6 Å². The van der Waals surface area contributed by atoms with Gasteiger partial charge in [-0.3, -0.25) is 0 Å². The summed E-state index contributed by atoms with van der Waals surface area (Å²) in [6.07, 6.45) is 0. The molecule has 0 radical (unpaired) electrons. The predicted octanol–water partition coefficient (Wildman–Crippen LogP) is 1.57. The van der Waals surface area contributed by atoms with E-state index in [9.17, 15) is 8.78 Å². The van der Waals surface area contributed by atoms with Crippen LogP contribution in [0.4, 0.5) is 8.78 Å². The summed E-state index contributed by atoms with van der Waals surface area (Å²) in [6, 6.07) is 3.28. The van der Waals surface area contributed by atoms with Gasteiger partial charge in [-0.15, -0.1) is 0 Å². The van der Waals surface area contributed by atoms with Crippen LogP contribution >= 0.6 is 0 Å². The molecule has 0 amide bonds. The van der Waals surface area contributed by atoms with E-state index in [0.29, 0.717) is 12.1 Å². The van der Waals surface area contributed by atoms with Crippen LogP contribution in [0.2, 0.25) is 0 Å². The van der Waals surface area contributed by atoms with Crippen molar-refractivity contribution >= 4 is 0 Å². The van der Waals surface area contributed by atoms with E-state index < -0.39 is 11.6 Å². The van der Waals surface area contributed by atoms with E-state index in [0.717, 1.165) is 6.07 Å². The molecular weight excluding hydrogens is 186 g/mol. The molecule has 0 fully saturated rings. The fourth-order valence-corrected chi connectivity index (χ4v) is 1.35. The standard InChI is InChI=1S/C10H14F2N2/c1-2-14-10(6-13)8-4-3-7(11)5-9(8)12/h3-5,10,14H,2,6,13H2,1H3. The van der Waals surface area contributed by atoms with Gasteiger partial charge in [-0.25, -0.2) is 8.78 Å². The van der Waals surface area contributed by atoms with Gasteiger partial charge in [0.15, 0.2) is 0 Å². The lowest BCUT2D eigenvalue weighted by atomic mass is 10.1. The van der Waals surface area contributed by atoms with Crippen LogP contribution in [0.3, 0.4) is 0 Å². The minimum absolute atomic E-state index is 0.249. The molecule has 0 saturated heterocycles. The molecule has 1 aromatic rings. The Balaban J connectivity index is 2.92. The van der Waals surface area contributed by atoms with Crippen molar-refractivity contribution in [2.75, 3.05) is 13.1 Å². The van der Waals surface area contributed by atoms with E-state index in [-0.39, 0.29) is 12.6 Å². The Morgan fingerprint density at radius 1 is 1.43 bits per heavy atom. The molecule has 4 heteroatoms. The second-order valence-electron chi connectivity index (χ2n) is 3.01. The minimum Gasteiger partial charge on any atom is -0.329 e. The van der Waals surface area contributed by atoms with Crippen molar-refractivity contribution in [1.29, 1.82) is 0 Å². The average molecular weight is 200 g/mol. The number of hydrogen-bond donors (Lipinski definition) is 2. The quantitative estimate of drug-likeness (QED) is 0.774. The van der Waals surface area contributed by atoms with Gasteiger partial charge in [0.25, 0.3) is 0 Å². The highest BCUT2D eigenvalue weighted by atomic mass is 19.1. The Morgan fingerprint density at radius 3 is 2.64 bits per heavy atom. The van der Waals surface area contributed by atoms with E-state index in [1.807, 2.05) is 6.92 Å². The normalized spacial score (nSPS) is 12.9. The third-order valence-electron chi connectivity index (χ3n) is 2.02. The van der Waals surface area contributed by atoms with Crippen molar-refractivity contribution in [2.45, 2.75) is 13.0 Å². The van der Waals surface area contributed by atoms with E-state index in [1.165, 1.54) is 12.1 Å². The lowest BCUT2D eigenvalue weighted by molar-refractivity contribution is 0.510. The summed E-state index contributed by atoms with van der Waals surface area (Å²) < 4.78 is 25.9. The first-order chi connectivity index (χ1) is 6.69. The number of likely N-dealkylation sites (N-methyl/N-ethyl adjacent to an activating group) is 1. The van der Waals surface area contributed by atoms with E-state index in [1.54, 1.807) is 0 Å². The topological polar surface area (TPSA) is 38.0 Å². The number of nitrogens with two attached hydrogens (primary N) is 1. The van der Waals surface area contributed by atoms with Crippen LogP contribution in [0.15, 0.2) is 18.2 Å². The van der Waals surface area contributed by atoms with Crippen molar-refractivity contribution in [2.24, 2.45) is 5.73 Å². The number of nitrogens with one attached hydrogen (secondary N) is 1.